The van der Waals surface area contributed by atoms with Crippen molar-refractivity contribution in [3.05, 3.63) is 27.8 Å². The molecule has 0 radical (unpaired) electrons. The number of aryl methyl sites for hydroxylation is 2. The molecule has 0 aliphatic carbocycles. The lowest BCUT2D eigenvalue weighted by molar-refractivity contribution is 0.507. The molecule has 0 amide bonds. The zero-order valence-corrected chi connectivity index (χ0v) is 14.1. The van der Waals surface area contributed by atoms with Gasteiger partial charge in [-0.1, -0.05) is 13.8 Å². The van der Waals surface area contributed by atoms with E-state index in [4.69, 9.17) is 0 Å². The van der Waals surface area contributed by atoms with E-state index < -0.39 is 0 Å². The first-order chi connectivity index (χ1) is 10.1. The van der Waals surface area contributed by atoms with Crippen LogP contribution in [0.2, 0.25) is 0 Å². The molecule has 0 fully saturated rings. The molecule has 1 N–H and O–H groups in total. The summed E-state index contributed by atoms with van der Waals surface area (Å²) in [5, 5.41) is 5.47. The second-order valence-electron chi connectivity index (χ2n) is 5.58. The first-order valence-electron chi connectivity index (χ1n) is 7.55. The lowest BCUT2D eigenvalue weighted by Gasteiger charge is -2.16. The Labute approximate surface area is 131 Å². The van der Waals surface area contributed by atoms with Crippen LogP contribution in [-0.4, -0.2) is 28.0 Å². The van der Waals surface area contributed by atoms with Crippen molar-refractivity contribution in [1.29, 1.82) is 0 Å². The Morgan fingerprint density at radius 1 is 1.24 bits per heavy atom. The Hall–Kier alpha value is -1.33. The van der Waals surface area contributed by atoms with Crippen LogP contribution in [0.3, 0.4) is 0 Å². The minimum Gasteiger partial charge on any atom is -0.316 e. The van der Waals surface area contributed by atoms with Gasteiger partial charge in [-0.2, -0.15) is 0 Å². The predicted molar refractivity (Wildman–Crippen MR) is 88.6 cm³/mol. The standard InChI is InChI=1S/C16H24N4S/c1-5-6-17-8-11(2)7-14-12(3)19-16(20-13(14)4)15-9-21-10-18-15/h9-11,17H,5-8H2,1-4H3. The van der Waals surface area contributed by atoms with E-state index in [0.717, 1.165) is 42.4 Å². The number of nitrogens with zero attached hydrogens (tertiary/aromatic N) is 3. The Bertz CT molecular complexity index is 543. The molecule has 4 nitrogen and oxygen atoms in total. The largest absolute Gasteiger partial charge is 0.316 e. The SMILES string of the molecule is CCCNCC(C)Cc1c(C)nc(-c2cscn2)nc1C. The van der Waals surface area contributed by atoms with Gasteiger partial charge in [0.05, 0.1) is 5.51 Å². The summed E-state index contributed by atoms with van der Waals surface area (Å²) in [6.45, 7) is 10.7. The maximum Gasteiger partial charge on any atom is 0.179 e. The van der Waals surface area contributed by atoms with E-state index in [9.17, 15) is 0 Å². The summed E-state index contributed by atoms with van der Waals surface area (Å²) in [5.41, 5.74) is 6.12. The lowest BCUT2D eigenvalue weighted by Crippen LogP contribution is -2.23. The zero-order valence-electron chi connectivity index (χ0n) is 13.3. The highest BCUT2D eigenvalue weighted by Gasteiger charge is 2.13. The highest BCUT2D eigenvalue weighted by Crippen LogP contribution is 2.20. The van der Waals surface area contributed by atoms with Gasteiger partial charge in [-0.15, -0.1) is 11.3 Å². The molecule has 0 aliphatic rings. The molecule has 2 aromatic rings. The van der Waals surface area contributed by atoms with Crippen molar-refractivity contribution in [2.24, 2.45) is 5.92 Å². The number of rotatable bonds is 7. The summed E-state index contributed by atoms with van der Waals surface area (Å²) in [7, 11) is 0. The van der Waals surface area contributed by atoms with Gasteiger partial charge in [0, 0.05) is 16.8 Å². The minimum atomic E-state index is 0.586. The summed E-state index contributed by atoms with van der Waals surface area (Å²) in [4.78, 5) is 13.6. The van der Waals surface area contributed by atoms with Crippen LogP contribution in [0.5, 0.6) is 0 Å². The second-order valence-corrected chi connectivity index (χ2v) is 6.30. The van der Waals surface area contributed by atoms with Crippen LogP contribution >= 0.6 is 11.3 Å². The van der Waals surface area contributed by atoms with E-state index in [1.165, 1.54) is 12.0 Å². The molecule has 21 heavy (non-hydrogen) atoms. The predicted octanol–water partition coefficient (Wildman–Crippen LogP) is 3.40. The van der Waals surface area contributed by atoms with E-state index in [0.29, 0.717) is 5.92 Å². The summed E-state index contributed by atoms with van der Waals surface area (Å²) >= 11 is 1.57. The third-order valence-corrected chi connectivity index (χ3v) is 4.14. The van der Waals surface area contributed by atoms with Gasteiger partial charge in [-0.3, -0.25) is 0 Å². The number of nitrogens with one attached hydrogen (secondary N) is 1. The highest BCUT2D eigenvalue weighted by atomic mass is 32.1. The molecule has 1 unspecified atom stereocenters. The summed E-state index contributed by atoms with van der Waals surface area (Å²) in [5.74, 6) is 1.33. The lowest BCUT2D eigenvalue weighted by atomic mass is 9.98. The van der Waals surface area contributed by atoms with Gasteiger partial charge in [0.15, 0.2) is 5.82 Å². The summed E-state index contributed by atoms with van der Waals surface area (Å²) in [6, 6.07) is 0. The first-order valence-corrected chi connectivity index (χ1v) is 8.49. The number of hydrogen-bond acceptors (Lipinski definition) is 5. The van der Waals surface area contributed by atoms with Crippen molar-refractivity contribution >= 4 is 11.3 Å². The van der Waals surface area contributed by atoms with E-state index in [1.807, 2.05) is 10.9 Å². The Balaban J connectivity index is 2.10. The van der Waals surface area contributed by atoms with Crippen LogP contribution < -0.4 is 5.32 Å². The Morgan fingerprint density at radius 3 is 2.52 bits per heavy atom. The van der Waals surface area contributed by atoms with Crippen molar-refractivity contribution < 1.29 is 0 Å². The molecule has 0 saturated heterocycles. The van der Waals surface area contributed by atoms with Gasteiger partial charge in [0.25, 0.3) is 0 Å². The third-order valence-electron chi connectivity index (χ3n) is 3.55. The third kappa shape index (κ3) is 4.32. The quantitative estimate of drug-likeness (QED) is 0.797. The maximum absolute atomic E-state index is 4.64. The van der Waals surface area contributed by atoms with Crippen LogP contribution in [0, 0.1) is 19.8 Å². The fraction of sp³-hybridized carbons (Fsp3) is 0.562. The molecule has 2 heterocycles. The average molecular weight is 304 g/mol. The smallest absolute Gasteiger partial charge is 0.179 e. The maximum atomic E-state index is 4.64. The van der Waals surface area contributed by atoms with Crippen LogP contribution in [0.15, 0.2) is 10.9 Å². The number of hydrogen-bond donors (Lipinski definition) is 1. The molecular formula is C16H24N4S. The normalized spacial score (nSPS) is 12.6. The first kappa shape index (κ1) is 16.0. The van der Waals surface area contributed by atoms with Crippen molar-refractivity contribution in [3.8, 4) is 11.5 Å². The monoisotopic (exact) mass is 304 g/mol. The minimum absolute atomic E-state index is 0.586. The molecule has 2 rings (SSSR count). The van der Waals surface area contributed by atoms with Gasteiger partial charge in [-0.05, 0) is 51.3 Å². The van der Waals surface area contributed by atoms with Gasteiger partial charge >= 0.3 is 0 Å². The fourth-order valence-electron chi connectivity index (χ4n) is 2.42. The molecule has 0 saturated carbocycles. The molecule has 114 valence electrons. The van der Waals surface area contributed by atoms with Crippen molar-refractivity contribution in [2.45, 2.75) is 40.5 Å². The van der Waals surface area contributed by atoms with Gasteiger partial charge in [-0.25, -0.2) is 15.0 Å². The summed E-state index contributed by atoms with van der Waals surface area (Å²) in [6.07, 6.45) is 2.20. The number of thiazole rings is 1. The Kier molecular flexibility index (Phi) is 5.82. The topological polar surface area (TPSA) is 50.7 Å². The van der Waals surface area contributed by atoms with Crippen LogP contribution in [0.1, 0.15) is 37.2 Å². The van der Waals surface area contributed by atoms with Crippen LogP contribution in [0.25, 0.3) is 11.5 Å². The van der Waals surface area contributed by atoms with E-state index in [-0.39, 0.29) is 0 Å². The molecule has 0 aliphatic heterocycles. The molecule has 5 heteroatoms. The average Bonchev–Trinajstić information content (AvgIpc) is 2.97. The van der Waals surface area contributed by atoms with E-state index in [1.54, 1.807) is 11.3 Å². The molecule has 1 atom stereocenters. The molecule has 2 aromatic heterocycles. The molecular weight excluding hydrogens is 280 g/mol. The van der Waals surface area contributed by atoms with E-state index in [2.05, 4.69) is 48.0 Å². The molecule has 0 aromatic carbocycles. The Morgan fingerprint density at radius 2 is 1.95 bits per heavy atom. The highest BCUT2D eigenvalue weighted by molar-refractivity contribution is 7.07. The van der Waals surface area contributed by atoms with Crippen molar-refractivity contribution in [1.82, 2.24) is 20.3 Å². The zero-order chi connectivity index (χ0) is 15.2. The fourth-order valence-corrected chi connectivity index (χ4v) is 2.95. The number of aromatic nitrogens is 3. The molecule has 0 spiro atoms. The van der Waals surface area contributed by atoms with Gasteiger partial charge < -0.3 is 5.32 Å². The van der Waals surface area contributed by atoms with E-state index >= 15 is 0 Å². The van der Waals surface area contributed by atoms with Crippen molar-refractivity contribution in [3.63, 3.8) is 0 Å². The van der Waals surface area contributed by atoms with Gasteiger partial charge in [0.2, 0.25) is 0 Å². The van der Waals surface area contributed by atoms with Crippen molar-refractivity contribution in [2.75, 3.05) is 13.1 Å². The van der Waals surface area contributed by atoms with Crippen LogP contribution in [0.4, 0.5) is 0 Å². The van der Waals surface area contributed by atoms with Crippen LogP contribution in [-0.2, 0) is 6.42 Å². The van der Waals surface area contributed by atoms with Gasteiger partial charge in [0.1, 0.15) is 5.69 Å². The molecule has 0 bridgehead atoms. The summed E-state index contributed by atoms with van der Waals surface area (Å²) < 4.78 is 0. The second kappa shape index (κ2) is 7.61.